The molecular weight excluding hydrogens is 1010 g/mol. The Labute approximate surface area is 501 Å². The van der Waals surface area contributed by atoms with Crippen LogP contribution in [0.1, 0.15) is 158 Å². The van der Waals surface area contributed by atoms with Crippen molar-refractivity contribution in [3.05, 3.63) is 228 Å². The molecule has 0 unspecified atom stereocenters. The van der Waals surface area contributed by atoms with E-state index in [1.807, 2.05) is 0 Å². The van der Waals surface area contributed by atoms with Gasteiger partial charge in [0.25, 0.3) is 0 Å². The van der Waals surface area contributed by atoms with E-state index in [0.717, 1.165) is 17.1 Å². The molecule has 424 valence electrons. The Hall–Kier alpha value is -7.94. The van der Waals surface area contributed by atoms with Crippen molar-refractivity contribution in [3.8, 4) is 39.1 Å². The topological polar surface area (TPSA) is 8.17 Å². The second kappa shape index (κ2) is 19.8. The highest BCUT2D eigenvalue weighted by Crippen LogP contribution is 2.51. The van der Waals surface area contributed by atoms with Gasteiger partial charge in [0, 0.05) is 32.8 Å². The third-order valence-electron chi connectivity index (χ3n) is 18.1. The lowest BCUT2D eigenvalue weighted by molar-refractivity contribution is 0.569. The van der Waals surface area contributed by atoms with Crippen LogP contribution in [-0.4, -0.2) is 4.57 Å². The van der Waals surface area contributed by atoms with Gasteiger partial charge in [0.1, 0.15) is 0 Å². The number of fused-ring (bicyclic) bond motifs is 3. The Kier molecular flexibility index (Phi) is 13.4. The number of rotatable bonds is 7. The van der Waals surface area contributed by atoms with Crippen LogP contribution in [0.4, 0.5) is 17.1 Å². The predicted molar refractivity (Wildman–Crippen MR) is 368 cm³/mol. The quantitative estimate of drug-likeness (QED) is 0.144. The molecule has 0 aliphatic heterocycles. The van der Waals surface area contributed by atoms with Crippen LogP contribution in [0.2, 0.25) is 0 Å². The lowest BCUT2D eigenvalue weighted by atomic mass is 9.78. The molecular formula is C82H86N2. The molecule has 84 heavy (non-hydrogen) atoms. The normalized spacial score (nSPS) is 13.1. The van der Waals surface area contributed by atoms with Gasteiger partial charge >= 0.3 is 0 Å². The molecule has 1 heterocycles. The second-order valence-corrected chi connectivity index (χ2v) is 30.4. The van der Waals surface area contributed by atoms with Gasteiger partial charge in [-0.3, -0.25) is 0 Å². The lowest BCUT2D eigenvalue weighted by Gasteiger charge is -2.32. The number of aromatic nitrogens is 1. The molecule has 2 heteroatoms. The van der Waals surface area contributed by atoms with E-state index >= 15 is 0 Å². The van der Waals surface area contributed by atoms with Gasteiger partial charge < -0.3 is 9.47 Å². The van der Waals surface area contributed by atoms with Crippen LogP contribution in [0.25, 0.3) is 93.2 Å². The second-order valence-electron chi connectivity index (χ2n) is 30.4. The molecule has 0 saturated carbocycles. The van der Waals surface area contributed by atoms with Gasteiger partial charge in [0.15, 0.2) is 0 Å². The van der Waals surface area contributed by atoms with E-state index in [4.69, 9.17) is 0 Å². The van der Waals surface area contributed by atoms with Crippen molar-refractivity contribution in [1.82, 2.24) is 4.57 Å². The molecule has 12 aromatic rings. The van der Waals surface area contributed by atoms with Crippen LogP contribution in [0.5, 0.6) is 0 Å². The van der Waals surface area contributed by atoms with Crippen molar-refractivity contribution < 1.29 is 0 Å². The van der Waals surface area contributed by atoms with Crippen molar-refractivity contribution in [2.45, 2.75) is 157 Å². The molecule has 0 radical (unpaired) electrons. The number of para-hydroxylation sites is 1. The maximum Gasteiger partial charge on any atom is 0.0541 e. The molecule has 0 aliphatic carbocycles. The van der Waals surface area contributed by atoms with E-state index in [0.29, 0.717) is 0 Å². The molecule has 2 nitrogen and oxygen atoms in total. The van der Waals surface area contributed by atoms with E-state index in [1.54, 1.807) is 0 Å². The maximum atomic E-state index is 2.60. The van der Waals surface area contributed by atoms with Crippen LogP contribution >= 0.6 is 0 Å². The summed E-state index contributed by atoms with van der Waals surface area (Å²) in [5.41, 5.74) is 22.1. The van der Waals surface area contributed by atoms with Crippen molar-refractivity contribution in [2.75, 3.05) is 4.90 Å². The highest BCUT2D eigenvalue weighted by atomic mass is 15.1. The molecule has 1 aromatic heterocycles. The number of benzene rings is 11. The molecule has 0 fully saturated rings. The van der Waals surface area contributed by atoms with Gasteiger partial charge in [-0.25, -0.2) is 0 Å². The third-order valence-corrected chi connectivity index (χ3v) is 18.1. The van der Waals surface area contributed by atoms with Crippen molar-refractivity contribution >= 4 is 71.2 Å². The number of hydrogen-bond donors (Lipinski definition) is 0. The van der Waals surface area contributed by atoms with E-state index < -0.39 is 0 Å². The van der Waals surface area contributed by atoms with E-state index in [-0.39, 0.29) is 32.5 Å². The summed E-state index contributed by atoms with van der Waals surface area (Å²) in [7, 11) is 0. The summed E-state index contributed by atoms with van der Waals surface area (Å²) >= 11 is 0. The molecule has 0 saturated heterocycles. The van der Waals surface area contributed by atoms with E-state index in [2.05, 4.69) is 328 Å². The van der Waals surface area contributed by atoms with Crippen LogP contribution in [0, 0.1) is 0 Å². The maximum absolute atomic E-state index is 2.60. The standard InChI is InChI=1S/C82H86N2/c1-77(2,3)56-33-27-51(28-34-56)63-23-19-20-24-64(63)65-25-21-22-26-70(65)83(62-46-55(45-61(48-62)82(16,17)18)54-43-59(80(10,11)12)47-60(44-54)81(13,14)15)71-39-31-52-30-38-67-72(40-32-53-29-37-66(71)75(52)76(53)67)84-73-41-35-57(78(4,5)6)49-68(73)69-50-58(79(7,8)9)36-42-74(69)84/h19-50H,1-18H3. The zero-order valence-electron chi connectivity index (χ0n) is 53.4. The first-order valence-electron chi connectivity index (χ1n) is 30.7. The third kappa shape index (κ3) is 10.1. The van der Waals surface area contributed by atoms with Gasteiger partial charge in [0.05, 0.1) is 28.1 Å². The van der Waals surface area contributed by atoms with Crippen molar-refractivity contribution in [2.24, 2.45) is 0 Å². The molecule has 12 rings (SSSR count). The summed E-state index contributed by atoms with van der Waals surface area (Å²) in [5.74, 6) is 0. The molecule has 11 aromatic carbocycles. The Morgan fingerprint density at radius 1 is 0.274 bits per heavy atom. The van der Waals surface area contributed by atoms with Crippen LogP contribution < -0.4 is 4.90 Å². The summed E-state index contributed by atoms with van der Waals surface area (Å²) in [4.78, 5) is 2.60. The van der Waals surface area contributed by atoms with Gasteiger partial charge in [-0.15, -0.1) is 0 Å². The van der Waals surface area contributed by atoms with E-state index in [9.17, 15) is 0 Å². The zero-order chi connectivity index (χ0) is 59.8. The monoisotopic (exact) mass is 1100 g/mol. The highest BCUT2D eigenvalue weighted by Gasteiger charge is 2.29. The average Bonchev–Trinajstić information content (AvgIpc) is 1.57. The van der Waals surface area contributed by atoms with Gasteiger partial charge in [-0.05, 0) is 170 Å². The minimum atomic E-state index is -0.162. The lowest BCUT2D eigenvalue weighted by Crippen LogP contribution is -2.17. The van der Waals surface area contributed by atoms with Gasteiger partial charge in [-0.1, -0.05) is 264 Å². The first-order chi connectivity index (χ1) is 39.4. The molecule has 0 aliphatic rings. The summed E-state index contributed by atoms with van der Waals surface area (Å²) in [6, 6.07) is 75.6. The number of nitrogens with zero attached hydrogens (tertiary/aromatic N) is 2. The summed E-state index contributed by atoms with van der Waals surface area (Å²) in [5, 5.41) is 10.1. The average molecular weight is 1100 g/mol. The fraction of sp³-hybridized carbons (Fsp3) is 0.293. The van der Waals surface area contributed by atoms with Crippen molar-refractivity contribution in [1.29, 1.82) is 0 Å². The first-order valence-corrected chi connectivity index (χ1v) is 30.7. The SMILES string of the molecule is CC(C)(C)c1ccc(-c2ccccc2-c2ccccc2N(c2cc(-c3cc(C(C)(C)C)cc(C(C)(C)C)c3)cc(C(C)(C)C)c2)c2ccc3ccc4c(-n5c6ccc(C(C)(C)C)cc6c6cc(C(C)(C)C)ccc65)ccc5ccc2c3c54)cc1. The molecule has 0 spiro atoms. The summed E-state index contributed by atoms with van der Waals surface area (Å²) in [6.07, 6.45) is 0. The fourth-order valence-corrected chi connectivity index (χ4v) is 12.8. The summed E-state index contributed by atoms with van der Waals surface area (Å²) in [6.45, 7) is 41.9. The number of hydrogen-bond acceptors (Lipinski definition) is 1. The van der Waals surface area contributed by atoms with Crippen LogP contribution in [-0.2, 0) is 32.5 Å². The molecule has 0 atom stereocenters. The largest absolute Gasteiger partial charge is 0.309 e. The predicted octanol–water partition coefficient (Wildman–Crippen LogP) is 23.9. The molecule has 0 bridgehead atoms. The Balaban J connectivity index is 1.15. The fourth-order valence-electron chi connectivity index (χ4n) is 12.8. The molecule has 0 N–H and O–H groups in total. The van der Waals surface area contributed by atoms with Gasteiger partial charge in [-0.2, -0.15) is 0 Å². The number of anilines is 3. The zero-order valence-corrected chi connectivity index (χ0v) is 53.4. The smallest absolute Gasteiger partial charge is 0.0541 e. The van der Waals surface area contributed by atoms with E-state index in [1.165, 1.54) is 127 Å². The highest BCUT2D eigenvalue weighted by molar-refractivity contribution is 6.28. The van der Waals surface area contributed by atoms with Crippen molar-refractivity contribution in [3.63, 3.8) is 0 Å². The first kappa shape index (κ1) is 56.5. The van der Waals surface area contributed by atoms with Crippen LogP contribution in [0.3, 0.4) is 0 Å². The minimum absolute atomic E-state index is 0.00780. The summed E-state index contributed by atoms with van der Waals surface area (Å²) < 4.78 is 2.55. The minimum Gasteiger partial charge on any atom is -0.309 e. The molecule has 0 amide bonds. The van der Waals surface area contributed by atoms with Gasteiger partial charge in [0.2, 0.25) is 0 Å². The Morgan fingerprint density at radius 2 is 0.702 bits per heavy atom. The Morgan fingerprint density at radius 3 is 1.24 bits per heavy atom. The van der Waals surface area contributed by atoms with Crippen LogP contribution in [0.15, 0.2) is 194 Å². The Bertz CT molecular complexity index is 4410.